The van der Waals surface area contributed by atoms with Crippen LogP contribution in [0.15, 0.2) is 0 Å². The molecule has 1 heterocycles. The van der Waals surface area contributed by atoms with Crippen LogP contribution in [0, 0.1) is 11.3 Å². The largest absolute Gasteiger partial charge is 0.389 e. The maximum Gasteiger partial charge on any atom is 0.0978 e. The molecule has 4 nitrogen and oxygen atoms in total. The summed E-state index contributed by atoms with van der Waals surface area (Å²) in [5, 5.41) is 18.4. The predicted molar refractivity (Wildman–Crippen MR) is 52.7 cm³/mol. The average Bonchev–Trinajstić information content (AvgIpc) is 2.19. The maximum atomic E-state index is 9.54. The van der Waals surface area contributed by atoms with Crippen LogP contribution in [-0.4, -0.2) is 49.0 Å². The molecule has 0 spiro atoms. The Hall–Kier alpha value is -0.630. The van der Waals surface area contributed by atoms with Crippen molar-refractivity contribution in [3.05, 3.63) is 0 Å². The number of nitrogens with zero attached hydrogens (tertiary/aromatic N) is 2. The first-order valence-electron chi connectivity index (χ1n) is 5.08. The summed E-state index contributed by atoms with van der Waals surface area (Å²) in [5.74, 6) is 0. The molecule has 1 aliphatic rings. The van der Waals surface area contributed by atoms with E-state index < -0.39 is 6.10 Å². The summed E-state index contributed by atoms with van der Waals surface area (Å²) in [6.07, 6.45) is 2.69. The maximum absolute atomic E-state index is 9.54. The van der Waals surface area contributed by atoms with Crippen molar-refractivity contribution in [2.24, 2.45) is 0 Å². The lowest BCUT2D eigenvalue weighted by molar-refractivity contribution is 0.0258. The summed E-state index contributed by atoms with van der Waals surface area (Å²) in [7, 11) is 1.57. The van der Waals surface area contributed by atoms with Gasteiger partial charge in [0, 0.05) is 13.7 Å². The molecule has 1 fully saturated rings. The van der Waals surface area contributed by atoms with Crippen molar-refractivity contribution >= 4 is 0 Å². The summed E-state index contributed by atoms with van der Waals surface area (Å²) < 4.78 is 4.85. The van der Waals surface area contributed by atoms with Gasteiger partial charge in [0.25, 0.3) is 0 Å². The van der Waals surface area contributed by atoms with Gasteiger partial charge in [-0.3, -0.25) is 4.90 Å². The third-order valence-electron chi connectivity index (χ3n) is 2.57. The standard InChI is InChI=1S/C10H18N2O2/c1-14-8-10(13)7-12-5-3-2-4-9(12)6-11/h9-10,13H,2-5,7-8H2,1H3. The Balaban J connectivity index is 2.37. The fraction of sp³-hybridized carbons (Fsp3) is 0.900. The van der Waals surface area contributed by atoms with E-state index in [1.54, 1.807) is 7.11 Å². The first-order valence-corrected chi connectivity index (χ1v) is 5.08. The zero-order chi connectivity index (χ0) is 10.4. The zero-order valence-corrected chi connectivity index (χ0v) is 8.65. The van der Waals surface area contributed by atoms with Crippen LogP contribution in [0.5, 0.6) is 0 Å². The van der Waals surface area contributed by atoms with Crippen LogP contribution in [0.2, 0.25) is 0 Å². The van der Waals surface area contributed by atoms with Gasteiger partial charge in [-0.15, -0.1) is 0 Å². The molecule has 0 aromatic rings. The molecule has 0 aromatic heterocycles. The molecule has 4 heteroatoms. The molecule has 2 atom stereocenters. The third-order valence-corrected chi connectivity index (χ3v) is 2.57. The van der Waals surface area contributed by atoms with Crippen LogP contribution in [-0.2, 0) is 4.74 Å². The monoisotopic (exact) mass is 198 g/mol. The third kappa shape index (κ3) is 3.26. The van der Waals surface area contributed by atoms with Crippen LogP contribution < -0.4 is 0 Å². The Bertz CT molecular complexity index is 203. The first-order chi connectivity index (χ1) is 6.77. The number of aliphatic hydroxyl groups excluding tert-OH is 1. The molecule has 1 aliphatic heterocycles. The molecule has 1 saturated heterocycles. The summed E-state index contributed by atoms with van der Waals surface area (Å²) in [5.41, 5.74) is 0. The molecule has 0 aliphatic carbocycles. The Morgan fingerprint density at radius 2 is 2.43 bits per heavy atom. The fourth-order valence-corrected chi connectivity index (χ4v) is 1.87. The molecule has 0 aromatic carbocycles. The van der Waals surface area contributed by atoms with E-state index in [2.05, 4.69) is 6.07 Å². The lowest BCUT2D eigenvalue weighted by atomic mass is 10.0. The minimum Gasteiger partial charge on any atom is -0.389 e. The molecular weight excluding hydrogens is 180 g/mol. The molecular formula is C10H18N2O2. The normalized spacial score (nSPS) is 25.6. The van der Waals surface area contributed by atoms with Gasteiger partial charge in [-0.1, -0.05) is 0 Å². The van der Waals surface area contributed by atoms with Gasteiger partial charge in [0.15, 0.2) is 0 Å². The zero-order valence-electron chi connectivity index (χ0n) is 8.65. The van der Waals surface area contributed by atoms with E-state index in [0.717, 1.165) is 25.8 Å². The number of β-amino-alcohol motifs (C(OH)–C–C–N with tert-alkyl or cyclic N) is 1. The van der Waals surface area contributed by atoms with Crippen molar-refractivity contribution in [1.82, 2.24) is 4.90 Å². The van der Waals surface area contributed by atoms with Gasteiger partial charge in [0.05, 0.1) is 24.8 Å². The Morgan fingerprint density at radius 1 is 1.64 bits per heavy atom. The highest BCUT2D eigenvalue weighted by Crippen LogP contribution is 2.16. The Kier molecular flexibility index (Phi) is 4.88. The van der Waals surface area contributed by atoms with Gasteiger partial charge >= 0.3 is 0 Å². The van der Waals surface area contributed by atoms with Gasteiger partial charge in [0.1, 0.15) is 0 Å². The number of piperidine rings is 1. The van der Waals surface area contributed by atoms with Crippen molar-refractivity contribution in [1.29, 1.82) is 5.26 Å². The number of likely N-dealkylation sites (tertiary alicyclic amines) is 1. The smallest absolute Gasteiger partial charge is 0.0978 e. The van der Waals surface area contributed by atoms with Gasteiger partial charge in [-0.05, 0) is 25.8 Å². The van der Waals surface area contributed by atoms with E-state index in [-0.39, 0.29) is 6.04 Å². The second-order valence-electron chi connectivity index (χ2n) is 3.74. The number of hydrogen-bond acceptors (Lipinski definition) is 4. The van der Waals surface area contributed by atoms with Crippen LogP contribution in [0.4, 0.5) is 0 Å². The van der Waals surface area contributed by atoms with Crippen LogP contribution in [0.25, 0.3) is 0 Å². The highest BCUT2D eigenvalue weighted by molar-refractivity contribution is 4.94. The van der Waals surface area contributed by atoms with Gasteiger partial charge < -0.3 is 9.84 Å². The van der Waals surface area contributed by atoms with Crippen molar-refractivity contribution < 1.29 is 9.84 Å². The second-order valence-corrected chi connectivity index (χ2v) is 3.74. The minimum atomic E-state index is -0.478. The quantitative estimate of drug-likeness (QED) is 0.709. The molecule has 1 N–H and O–H groups in total. The van der Waals surface area contributed by atoms with E-state index in [9.17, 15) is 5.11 Å². The molecule has 80 valence electrons. The highest BCUT2D eigenvalue weighted by atomic mass is 16.5. The number of nitriles is 1. The molecule has 1 rings (SSSR count). The first kappa shape index (κ1) is 11.4. The average molecular weight is 198 g/mol. The lowest BCUT2D eigenvalue weighted by Crippen LogP contribution is -2.44. The SMILES string of the molecule is COCC(O)CN1CCCCC1C#N. The minimum absolute atomic E-state index is 0.0183. The number of hydrogen-bond donors (Lipinski definition) is 1. The lowest BCUT2D eigenvalue weighted by Gasteiger charge is -2.32. The Morgan fingerprint density at radius 3 is 3.07 bits per heavy atom. The molecule has 0 saturated carbocycles. The number of aliphatic hydroxyl groups is 1. The van der Waals surface area contributed by atoms with E-state index in [1.165, 1.54) is 0 Å². The van der Waals surface area contributed by atoms with E-state index in [0.29, 0.717) is 13.2 Å². The fourth-order valence-electron chi connectivity index (χ4n) is 1.87. The number of rotatable bonds is 4. The van der Waals surface area contributed by atoms with Crippen molar-refractivity contribution in [3.63, 3.8) is 0 Å². The summed E-state index contributed by atoms with van der Waals surface area (Å²) >= 11 is 0. The van der Waals surface area contributed by atoms with Crippen LogP contribution in [0.3, 0.4) is 0 Å². The predicted octanol–water partition coefficient (Wildman–Crippen LogP) is 0.372. The molecule has 14 heavy (non-hydrogen) atoms. The molecule has 0 bridgehead atoms. The van der Waals surface area contributed by atoms with Crippen molar-refractivity contribution in [2.45, 2.75) is 31.4 Å². The highest BCUT2D eigenvalue weighted by Gasteiger charge is 2.23. The summed E-state index contributed by atoms with van der Waals surface area (Å²) in [6, 6.07) is 2.26. The van der Waals surface area contributed by atoms with Gasteiger partial charge in [0.2, 0.25) is 0 Å². The van der Waals surface area contributed by atoms with E-state index in [4.69, 9.17) is 10.00 Å². The van der Waals surface area contributed by atoms with Crippen LogP contribution >= 0.6 is 0 Å². The summed E-state index contributed by atoms with van der Waals surface area (Å²) in [4.78, 5) is 2.05. The number of methoxy groups -OCH3 is 1. The van der Waals surface area contributed by atoms with Gasteiger partial charge in [-0.25, -0.2) is 0 Å². The van der Waals surface area contributed by atoms with Crippen molar-refractivity contribution in [3.8, 4) is 6.07 Å². The topological polar surface area (TPSA) is 56.5 Å². The second kappa shape index (κ2) is 5.97. The molecule has 0 radical (unpaired) electrons. The summed E-state index contributed by atoms with van der Waals surface area (Å²) in [6.45, 7) is 1.81. The van der Waals surface area contributed by atoms with Gasteiger partial charge in [-0.2, -0.15) is 5.26 Å². The Labute approximate surface area is 85.1 Å². The van der Waals surface area contributed by atoms with Crippen molar-refractivity contribution in [2.75, 3.05) is 26.8 Å². The number of ether oxygens (including phenoxy) is 1. The van der Waals surface area contributed by atoms with Crippen LogP contribution in [0.1, 0.15) is 19.3 Å². The van der Waals surface area contributed by atoms with E-state index >= 15 is 0 Å². The molecule has 2 unspecified atom stereocenters. The van der Waals surface area contributed by atoms with E-state index in [1.807, 2.05) is 4.90 Å². The molecule has 0 amide bonds.